The number of aromatic nitrogens is 1. The molecule has 0 radical (unpaired) electrons. The van der Waals surface area contributed by atoms with E-state index in [1.807, 2.05) is 24.4 Å². The van der Waals surface area contributed by atoms with E-state index in [2.05, 4.69) is 45.5 Å². The number of carbonyl (C=O) groups excluding carboxylic acids is 1. The van der Waals surface area contributed by atoms with E-state index < -0.39 is 0 Å². The van der Waals surface area contributed by atoms with Crippen LogP contribution in [0.5, 0.6) is 0 Å². The number of aromatic amines is 1. The van der Waals surface area contributed by atoms with Crippen molar-refractivity contribution >= 4 is 16.8 Å². The van der Waals surface area contributed by atoms with E-state index in [0.29, 0.717) is 11.5 Å². The molecule has 2 heterocycles. The minimum absolute atomic E-state index is 0.0000796. The van der Waals surface area contributed by atoms with E-state index in [-0.39, 0.29) is 5.91 Å². The van der Waals surface area contributed by atoms with Crippen molar-refractivity contribution < 1.29 is 9.53 Å². The van der Waals surface area contributed by atoms with Gasteiger partial charge in [-0.05, 0) is 65.7 Å². The Labute approximate surface area is 165 Å². The molecule has 0 bridgehead atoms. The molecule has 5 heteroatoms. The maximum atomic E-state index is 12.7. The van der Waals surface area contributed by atoms with Crippen LogP contribution in [0.3, 0.4) is 0 Å². The molecule has 0 unspecified atom stereocenters. The number of amides is 1. The van der Waals surface area contributed by atoms with E-state index in [0.717, 1.165) is 55.9 Å². The third-order valence-corrected chi connectivity index (χ3v) is 5.54. The highest BCUT2D eigenvalue weighted by Crippen LogP contribution is 2.25. The third-order valence-electron chi connectivity index (χ3n) is 5.54. The van der Waals surface area contributed by atoms with Crippen LogP contribution in [0, 0.1) is 5.92 Å². The van der Waals surface area contributed by atoms with Crippen LogP contribution >= 0.6 is 0 Å². The fourth-order valence-electron chi connectivity index (χ4n) is 3.91. The highest BCUT2D eigenvalue weighted by Gasteiger charge is 2.22. The van der Waals surface area contributed by atoms with E-state index in [9.17, 15) is 4.79 Å². The SMILES string of the molecule is COCCN1CC[C@@H](CNC(=O)c2cccc(-c3ccc4[nH]ccc4c3)c2)C1. The smallest absolute Gasteiger partial charge is 0.251 e. The van der Waals surface area contributed by atoms with E-state index in [1.165, 1.54) is 5.39 Å². The zero-order valence-electron chi connectivity index (χ0n) is 16.3. The lowest BCUT2D eigenvalue weighted by atomic mass is 10.0. The molecule has 2 N–H and O–H groups in total. The number of hydrogen-bond donors (Lipinski definition) is 2. The number of hydrogen-bond acceptors (Lipinski definition) is 3. The van der Waals surface area contributed by atoms with Gasteiger partial charge in [-0.3, -0.25) is 4.79 Å². The van der Waals surface area contributed by atoms with E-state index >= 15 is 0 Å². The molecule has 146 valence electrons. The molecular weight excluding hydrogens is 350 g/mol. The Bertz CT molecular complexity index is 950. The Morgan fingerprint density at radius 3 is 3.00 bits per heavy atom. The van der Waals surface area contributed by atoms with Gasteiger partial charge in [0, 0.05) is 44.0 Å². The van der Waals surface area contributed by atoms with Gasteiger partial charge in [-0.15, -0.1) is 0 Å². The molecule has 0 aliphatic carbocycles. The van der Waals surface area contributed by atoms with Gasteiger partial charge in [-0.1, -0.05) is 18.2 Å². The van der Waals surface area contributed by atoms with Crippen LogP contribution in [0.15, 0.2) is 54.7 Å². The van der Waals surface area contributed by atoms with Crippen molar-refractivity contribution in [3.8, 4) is 11.1 Å². The first kappa shape index (κ1) is 18.7. The number of methoxy groups -OCH3 is 1. The summed E-state index contributed by atoms with van der Waals surface area (Å²) in [6.07, 6.45) is 3.07. The molecule has 1 atom stereocenters. The summed E-state index contributed by atoms with van der Waals surface area (Å²) in [5.74, 6) is 0.514. The molecule has 1 amide bonds. The highest BCUT2D eigenvalue weighted by atomic mass is 16.5. The number of benzene rings is 2. The van der Waals surface area contributed by atoms with Crippen molar-refractivity contribution in [2.75, 3.05) is 39.9 Å². The maximum absolute atomic E-state index is 12.7. The second-order valence-electron chi connectivity index (χ2n) is 7.52. The molecule has 1 saturated heterocycles. The van der Waals surface area contributed by atoms with E-state index in [4.69, 9.17) is 4.74 Å². The normalized spacial score (nSPS) is 17.2. The molecule has 5 nitrogen and oxygen atoms in total. The number of carbonyl (C=O) groups is 1. The van der Waals surface area contributed by atoms with Crippen LogP contribution in [-0.2, 0) is 4.74 Å². The van der Waals surface area contributed by atoms with Crippen molar-refractivity contribution in [3.63, 3.8) is 0 Å². The quantitative estimate of drug-likeness (QED) is 0.662. The Morgan fingerprint density at radius 2 is 2.11 bits per heavy atom. The summed E-state index contributed by atoms with van der Waals surface area (Å²) in [7, 11) is 1.73. The average molecular weight is 377 g/mol. The molecule has 1 aromatic heterocycles. The summed E-state index contributed by atoms with van der Waals surface area (Å²) in [5, 5.41) is 4.29. The van der Waals surface area contributed by atoms with Crippen LogP contribution in [-0.4, -0.2) is 55.7 Å². The van der Waals surface area contributed by atoms with Gasteiger partial charge in [-0.25, -0.2) is 0 Å². The van der Waals surface area contributed by atoms with Gasteiger partial charge in [0.2, 0.25) is 0 Å². The lowest BCUT2D eigenvalue weighted by molar-refractivity contribution is 0.0946. The Kier molecular flexibility index (Phi) is 5.74. The first-order chi connectivity index (χ1) is 13.7. The van der Waals surface area contributed by atoms with Crippen LogP contribution in [0.1, 0.15) is 16.8 Å². The van der Waals surface area contributed by atoms with Gasteiger partial charge < -0.3 is 19.9 Å². The molecule has 1 aliphatic heterocycles. The van der Waals surface area contributed by atoms with Crippen molar-refractivity contribution in [1.29, 1.82) is 0 Å². The minimum atomic E-state index is -0.0000796. The topological polar surface area (TPSA) is 57.4 Å². The lowest BCUT2D eigenvalue weighted by Crippen LogP contribution is -2.31. The summed E-state index contributed by atoms with van der Waals surface area (Å²) in [5.41, 5.74) is 4.00. The van der Waals surface area contributed by atoms with Crippen LogP contribution in [0.2, 0.25) is 0 Å². The Hall–Kier alpha value is -2.63. The van der Waals surface area contributed by atoms with Gasteiger partial charge in [0.05, 0.1) is 6.61 Å². The molecule has 0 saturated carbocycles. The predicted octanol–water partition coefficient (Wildman–Crippen LogP) is 3.53. The number of ether oxygens (including phenoxy) is 1. The molecule has 1 fully saturated rings. The number of rotatable bonds is 7. The summed E-state index contributed by atoms with van der Waals surface area (Å²) in [6, 6.07) is 16.2. The second kappa shape index (κ2) is 8.59. The lowest BCUT2D eigenvalue weighted by Gasteiger charge is -2.15. The summed E-state index contributed by atoms with van der Waals surface area (Å²) >= 11 is 0. The van der Waals surface area contributed by atoms with Gasteiger partial charge in [-0.2, -0.15) is 0 Å². The molecule has 2 aromatic carbocycles. The second-order valence-corrected chi connectivity index (χ2v) is 7.52. The Morgan fingerprint density at radius 1 is 1.21 bits per heavy atom. The fraction of sp³-hybridized carbons (Fsp3) is 0.348. The summed E-state index contributed by atoms with van der Waals surface area (Å²) in [6.45, 7) is 4.57. The zero-order chi connectivity index (χ0) is 19.3. The molecule has 4 rings (SSSR count). The number of fused-ring (bicyclic) bond motifs is 1. The summed E-state index contributed by atoms with van der Waals surface area (Å²) < 4.78 is 5.15. The minimum Gasteiger partial charge on any atom is -0.383 e. The van der Waals surface area contributed by atoms with Gasteiger partial charge in [0.25, 0.3) is 5.91 Å². The number of likely N-dealkylation sites (tertiary alicyclic amines) is 1. The molecule has 0 spiro atoms. The van der Waals surface area contributed by atoms with Crippen molar-refractivity contribution in [3.05, 3.63) is 60.3 Å². The molecule has 3 aromatic rings. The van der Waals surface area contributed by atoms with Crippen molar-refractivity contribution in [2.45, 2.75) is 6.42 Å². The van der Waals surface area contributed by atoms with Crippen LogP contribution in [0.25, 0.3) is 22.0 Å². The van der Waals surface area contributed by atoms with Gasteiger partial charge in [0.1, 0.15) is 0 Å². The third kappa shape index (κ3) is 4.26. The van der Waals surface area contributed by atoms with Crippen molar-refractivity contribution in [2.24, 2.45) is 5.92 Å². The van der Waals surface area contributed by atoms with Crippen LogP contribution in [0.4, 0.5) is 0 Å². The van der Waals surface area contributed by atoms with Gasteiger partial charge in [0.15, 0.2) is 0 Å². The maximum Gasteiger partial charge on any atom is 0.251 e. The zero-order valence-corrected chi connectivity index (χ0v) is 16.3. The fourth-order valence-corrected chi connectivity index (χ4v) is 3.91. The molecule has 28 heavy (non-hydrogen) atoms. The largest absolute Gasteiger partial charge is 0.383 e. The number of nitrogens with one attached hydrogen (secondary N) is 2. The standard InChI is InChI=1S/C23H27N3O2/c1-28-12-11-26-10-8-17(16-26)15-25-23(27)21-4-2-3-18(14-21)19-5-6-22-20(13-19)7-9-24-22/h2-7,9,13-14,17,24H,8,10-12,15-16H2,1H3,(H,25,27)/t17-/m0/s1. The number of nitrogens with zero attached hydrogens (tertiary/aromatic N) is 1. The molecule has 1 aliphatic rings. The average Bonchev–Trinajstić information content (AvgIpc) is 3.39. The highest BCUT2D eigenvalue weighted by molar-refractivity contribution is 5.96. The predicted molar refractivity (Wildman–Crippen MR) is 112 cm³/mol. The van der Waals surface area contributed by atoms with Gasteiger partial charge >= 0.3 is 0 Å². The summed E-state index contributed by atoms with van der Waals surface area (Å²) in [4.78, 5) is 18.3. The van der Waals surface area contributed by atoms with Crippen molar-refractivity contribution in [1.82, 2.24) is 15.2 Å². The number of H-pyrrole nitrogens is 1. The van der Waals surface area contributed by atoms with E-state index in [1.54, 1.807) is 7.11 Å². The first-order valence-corrected chi connectivity index (χ1v) is 9.90. The van der Waals surface area contributed by atoms with Crippen LogP contribution < -0.4 is 5.32 Å². The monoisotopic (exact) mass is 377 g/mol. The molecular formula is C23H27N3O2. The first-order valence-electron chi connectivity index (χ1n) is 9.90. The Balaban J connectivity index is 1.38.